The minimum Gasteiger partial charge on any atom is -0.351 e. The van der Waals surface area contributed by atoms with Gasteiger partial charge in [0.05, 0.1) is 10.0 Å². The second kappa shape index (κ2) is 5.44. The summed E-state index contributed by atoms with van der Waals surface area (Å²) in [6.45, 7) is 0.964. The number of hydrogen-bond donors (Lipinski definition) is 0. The Morgan fingerprint density at radius 1 is 1.38 bits per heavy atom. The van der Waals surface area contributed by atoms with Crippen LogP contribution in [0, 0.1) is 0 Å². The molecule has 0 bridgehead atoms. The Kier molecular flexibility index (Phi) is 4.17. The molecule has 1 saturated heterocycles. The zero-order chi connectivity index (χ0) is 11.5. The lowest BCUT2D eigenvalue weighted by atomic mass is 10.0. The van der Waals surface area contributed by atoms with Gasteiger partial charge >= 0.3 is 0 Å². The maximum atomic E-state index is 6.15. The second-order valence-corrected chi connectivity index (χ2v) is 5.11. The quantitative estimate of drug-likeness (QED) is 0.761. The van der Waals surface area contributed by atoms with E-state index in [0.29, 0.717) is 22.0 Å². The average molecular weight is 280 g/mol. The topological polar surface area (TPSA) is 16.1 Å². The molecule has 88 valence electrons. The molecule has 0 radical (unpaired) electrons. The maximum absolute atomic E-state index is 6.15. The SMILES string of the molecule is ClCC1CCCCN1c1ncc(Cl)cc1Cl. The van der Waals surface area contributed by atoms with E-state index < -0.39 is 0 Å². The molecule has 0 N–H and O–H groups in total. The molecule has 0 amide bonds. The summed E-state index contributed by atoms with van der Waals surface area (Å²) in [5.41, 5.74) is 0. The molecule has 0 aromatic carbocycles. The van der Waals surface area contributed by atoms with Crippen molar-refractivity contribution in [2.75, 3.05) is 17.3 Å². The van der Waals surface area contributed by atoms with Gasteiger partial charge in [-0.25, -0.2) is 4.98 Å². The highest BCUT2D eigenvalue weighted by atomic mass is 35.5. The lowest BCUT2D eigenvalue weighted by molar-refractivity contribution is 0.484. The summed E-state index contributed by atoms with van der Waals surface area (Å²) in [7, 11) is 0. The van der Waals surface area contributed by atoms with Gasteiger partial charge in [0.15, 0.2) is 0 Å². The molecule has 1 fully saturated rings. The lowest BCUT2D eigenvalue weighted by Crippen LogP contribution is -2.41. The van der Waals surface area contributed by atoms with Crippen molar-refractivity contribution in [2.24, 2.45) is 0 Å². The van der Waals surface area contributed by atoms with Crippen LogP contribution in [0.5, 0.6) is 0 Å². The molecule has 2 rings (SSSR count). The molecule has 5 heteroatoms. The third-order valence-corrected chi connectivity index (χ3v) is 3.71. The van der Waals surface area contributed by atoms with Gasteiger partial charge in [-0.1, -0.05) is 23.2 Å². The maximum Gasteiger partial charge on any atom is 0.147 e. The molecule has 16 heavy (non-hydrogen) atoms. The smallest absolute Gasteiger partial charge is 0.147 e. The van der Waals surface area contributed by atoms with E-state index in [1.165, 1.54) is 6.42 Å². The van der Waals surface area contributed by atoms with Gasteiger partial charge in [0.25, 0.3) is 0 Å². The first kappa shape index (κ1) is 12.3. The number of alkyl halides is 1. The lowest BCUT2D eigenvalue weighted by Gasteiger charge is -2.36. The van der Waals surface area contributed by atoms with Crippen molar-refractivity contribution < 1.29 is 0 Å². The van der Waals surface area contributed by atoms with Gasteiger partial charge < -0.3 is 4.90 Å². The van der Waals surface area contributed by atoms with Crippen molar-refractivity contribution in [1.29, 1.82) is 0 Å². The van der Waals surface area contributed by atoms with Crippen molar-refractivity contribution in [2.45, 2.75) is 25.3 Å². The number of hydrogen-bond acceptors (Lipinski definition) is 2. The van der Waals surface area contributed by atoms with E-state index in [1.807, 2.05) is 0 Å². The Balaban J connectivity index is 2.27. The summed E-state index contributed by atoms with van der Waals surface area (Å²) < 4.78 is 0. The number of piperidine rings is 1. The highest BCUT2D eigenvalue weighted by Gasteiger charge is 2.24. The number of rotatable bonds is 2. The largest absolute Gasteiger partial charge is 0.351 e. The summed E-state index contributed by atoms with van der Waals surface area (Å²) in [6.07, 6.45) is 5.11. The van der Waals surface area contributed by atoms with Crippen molar-refractivity contribution >= 4 is 40.6 Å². The Hall–Kier alpha value is -0.180. The normalized spacial score (nSPS) is 21.2. The minimum atomic E-state index is 0.335. The number of pyridine rings is 1. The third-order valence-electron chi connectivity index (χ3n) is 2.87. The molecule has 1 aliphatic rings. The predicted molar refractivity (Wildman–Crippen MR) is 70.0 cm³/mol. The van der Waals surface area contributed by atoms with Crippen LogP contribution in [-0.4, -0.2) is 23.5 Å². The molecular formula is C11H13Cl3N2. The van der Waals surface area contributed by atoms with Crippen LogP contribution in [0.3, 0.4) is 0 Å². The Bertz CT molecular complexity index is 370. The molecule has 0 saturated carbocycles. The molecule has 2 heterocycles. The van der Waals surface area contributed by atoms with Crippen LogP contribution in [0.1, 0.15) is 19.3 Å². The monoisotopic (exact) mass is 278 g/mol. The van der Waals surface area contributed by atoms with E-state index in [1.54, 1.807) is 12.3 Å². The summed E-state index contributed by atoms with van der Waals surface area (Å²) in [5, 5.41) is 1.16. The van der Waals surface area contributed by atoms with Crippen LogP contribution in [-0.2, 0) is 0 Å². The van der Waals surface area contributed by atoms with Gasteiger partial charge in [0.1, 0.15) is 5.82 Å². The van der Waals surface area contributed by atoms with Gasteiger partial charge in [-0.15, -0.1) is 11.6 Å². The first-order valence-corrected chi connectivity index (χ1v) is 6.65. The highest BCUT2D eigenvalue weighted by molar-refractivity contribution is 6.36. The molecule has 1 atom stereocenters. The number of nitrogens with zero attached hydrogens (tertiary/aromatic N) is 2. The van der Waals surface area contributed by atoms with E-state index in [-0.39, 0.29) is 0 Å². The van der Waals surface area contributed by atoms with E-state index in [2.05, 4.69) is 9.88 Å². The molecule has 1 aliphatic heterocycles. The fourth-order valence-corrected chi connectivity index (χ4v) is 2.87. The summed E-state index contributed by atoms with van der Waals surface area (Å²) in [4.78, 5) is 6.49. The van der Waals surface area contributed by atoms with Gasteiger partial charge in [-0.2, -0.15) is 0 Å². The van der Waals surface area contributed by atoms with Crippen LogP contribution >= 0.6 is 34.8 Å². The third kappa shape index (κ3) is 2.55. The van der Waals surface area contributed by atoms with Crippen molar-refractivity contribution in [3.63, 3.8) is 0 Å². The summed E-state index contributed by atoms with van der Waals surface area (Å²) in [6, 6.07) is 2.06. The average Bonchev–Trinajstić information content (AvgIpc) is 2.29. The van der Waals surface area contributed by atoms with E-state index in [9.17, 15) is 0 Å². The number of halogens is 3. The second-order valence-electron chi connectivity index (χ2n) is 3.96. The van der Waals surface area contributed by atoms with Crippen LogP contribution in [0.25, 0.3) is 0 Å². The van der Waals surface area contributed by atoms with Gasteiger partial charge in [0, 0.05) is 24.7 Å². The molecule has 1 unspecified atom stereocenters. The summed E-state index contributed by atoms with van der Waals surface area (Å²) >= 11 is 18.0. The van der Waals surface area contributed by atoms with Crippen LogP contribution in [0.15, 0.2) is 12.3 Å². The minimum absolute atomic E-state index is 0.335. The standard InChI is InChI=1S/C11H13Cl3N2/c12-6-9-3-1-2-4-16(9)11-10(14)5-8(13)7-15-11/h5,7,9H,1-4,6H2. The van der Waals surface area contributed by atoms with Crippen molar-refractivity contribution in [3.05, 3.63) is 22.3 Å². The first-order chi connectivity index (χ1) is 7.72. The number of aromatic nitrogens is 1. The van der Waals surface area contributed by atoms with Crippen molar-refractivity contribution in [1.82, 2.24) is 4.98 Å². The Morgan fingerprint density at radius 3 is 2.88 bits per heavy atom. The molecule has 1 aromatic rings. The Morgan fingerprint density at radius 2 is 2.19 bits per heavy atom. The van der Waals surface area contributed by atoms with E-state index >= 15 is 0 Å². The molecule has 0 spiro atoms. The number of anilines is 1. The first-order valence-electron chi connectivity index (χ1n) is 5.36. The molecular weight excluding hydrogens is 266 g/mol. The Labute approximate surface area is 111 Å². The van der Waals surface area contributed by atoms with E-state index in [0.717, 1.165) is 25.2 Å². The fourth-order valence-electron chi connectivity index (χ4n) is 2.06. The van der Waals surface area contributed by atoms with Crippen molar-refractivity contribution in [3.8, 4) is 0 Å². The molecule has 1 aromatic heterocycles. The molecule has 2 nitrogen and oxygen atoms in total. The van der Waals surface area contributed by atoms with Crippen LogP contribution < -0.4 is 4.90 Å². The molecule has 0 aliphatic carbocycles. The zero-order valence-corrected chi connectivity index (χ0v) is 11.1. The predicted octanol–water partition coefficient (Wildman–Crippen LogP) is 3.99. The fraction of sp³-hybridized carbons (Fsp3) is 0.545. The summed E-state index contributed by atoms with van der Waals surface area (Å²) in [5.74, 6) is 1.41. The van der Waals surface area contributed by atoms with Gasteiger partial charge in [-0.3, -0.25) is 0 Å². The highest BCUT2D eigenvalue weighted by Crippen LogP contribution is 2.31. The van der Waals surface area contributed by atoms with Gasteiger partial charge in [0.2, 0.25) is 0 Å². The van der Waals surface area contributed by atoms with Crippen LogP contribution in [0.4, 0.5) is 5.82 Å². The zero-order valence-electron chi connectivity index (χ0n) is 8.80. The van der Waals surface area contributed by atoms with E-state index in [4.69, 9.17) is 34.8 Å². The van der Waals surface area contributed by atoms with Gasteiger partial charge in [-0.05, 0) is 25.3 Å². The van der Waals surface area contributed by atoms with Crippen LogP contribution in [0.2, 0.25) is 10.0 Å².